The Labute approximate surface area is 115 Å². The minimum Gasteiger partial charge on any atom is -0.378 e. The van der Waals surface area contributed by atoms with Gasteiger partial charge in [0.1, 0.15) is 0 Å². The monoisotopic (exact) mass is 282 g/mol. The summed E-state index contributed by atoms with van der Waals surface area (Å²) < 4.78 is 5.28. The molecule has 0 saturated carbocycles. The summed E-state index contributed by atoms with van der Waals surface area (Å²) in [5.74, 6) is 6.06. The van der Waals surface area contributed by atoms with Gasteiger partial charge in [0, 0.05) is 26.1 Å². The Morgan fingerprint density at radius 2 is 1.95 bits per heavy atom. The Morgan fingerprint density at radius 3 is 2.60 bits per heavy atom. The number of carbonyl (C=O) groups excluding carboxylic acids is 1. The van der Waals surface area contributed by atoms with Gasteiger partial charge in [0.05, 0.1) is 13.2 Å². The van der Waals surface area contributed by atoms with Crippen LogP contribution in [0.2, 0.25) is 0 Å². The standard InChI is InChI=1S/C10H18N8O2/c11-7(19)1-2-13-8-14-9(17-12)16-10(15-8)18-3-5-20-6-4-18/h1-6,12H2,(H2,11,19)(H2,13,14,15,16,17). The van der Waals surface area contributed by atoms with Crippen LogP contribution in [0.15, 0.2) is 0 Å². The molecular formula is C10H18N8O2. The molecule has 1 aromatic rings. The van der Waals surface area contributed by atoms with Crippen LogP contribution in [0.3, 0.4) is 0 Å². The van der Waals surface area contributed by atoms with Crippen molar-refractivity contribution in [1.29, 1.82) is 0 Å². The van der Waals surface area contributed by atoms with Crippen molar-refractivity contribution in [2.75, 3.05) is 48.5 Å². The molecule has 20 heavy (non-hydrogen) atoms. The lowest BCUT2D eigenvalue weighted by atomic mass is 10.4. The SMILES string of the molecule is NNc1nc(NCCC(N)=O)nc(N2CCOCC2)n1. The second kappa shape index (κ2) is 6.82. The Hall–Kier alpha value is -2.20. The van der Waals surface area contributed by atoms with Gasteiger partial charge in [-0.1, -0.05) is 0 Å². The lowest BCUT2D eigenvalue weighted by Crippen LogP contribution is -2.37. The van der Waals surface area contributed by atoms with E-state index in [4.69, 9.17) is 16.3 Å². The second-order valence-electron chi connectivity index (χ2n) is 4.17. The molecule has 10 nitrogen and oxygen atoms in total. The molecule has 1 amide bonds. The van der Waals surface area contributed by atoms with Crippen molar-refractivity contribution >= 4 is 23.8 Å². The van der Waals surface area contributed by atoms with Crippen LogP contribution in [0.5, 0.6) is 0 Å². The molecule has 1 saturated heterocycles. The van der Waals surface area contributed by atoms with Gasteiger partial charge in [-0.25, -0.2) is 5.84 Å². The zero-order valence-electron chi connectivity index (χ0n) is 11.0. The molecule has 0 unspecified atom stereocenters. The van der Waals surface area contributed by atoms with Crippen molar-refractivity contribution in [3.63, 3.8) is 0 Å². The zero-order valence-corrected chi connectivity index (χ0v) is 11.0. The second-order valence-corrected chi connectivity index (χ2v) is 4.17. The van der Waals surface area contributed by atoms with Gasteiger partial charge in [0.25, 0.3) is 0 Å². The third kappa shape index (κ3) is 3.90. The number of primary amides is 1. The molecule has 0 aliphatic carbocycles. The first kappa shape index (κ1) is 14.2. The van der Waals surface area contributed by atoms with Crippen LogP contribution in [-0.2, 0) is 9.53 Å². The molecule has 2 heterocycles. The fourth-order valence-electron chi connectivity index (χ4n) is 1.71. The molecule has 1 aliphatic heterocycles. The minimum atomic E-state index is -0.392. The summed E-state index contributed by atoms with van der Waals surface area (Å²) in [6, 6.07) is 0. The van der Waals surface area contributed by atoms with E-state index < -0.39 is 5.91 Å². The highest BCUT2D eigenvalue weighted by molar-refractivity contribution is 5.74. The minimum absolute atomic E-state index is 0.198. The summed E-state index contributed by atoms with van der Waals surface area (Å²) in [5.41, 5.74) is 7.47. The number of ether oxygens (including phenoxy) is 1. The smallest absolute Gasteiger partial charge is 0.243 e. The number of amides is 1. The predicted molar refractivity (Wildman–Crippen MR) is 73.0 cm³/mol. The molecule has 0 atom stereocenters. The van der Waals surface area contributed by atoms with E-state index in [2.05, 4.69) is 25.7 Å². The maximum absolute atomic E-state index is 10.7. The maximum atomic E-state index is 10.7. The van der Waals surface area contributed by atoms with E-state index in [0.29, 0.717) is 44.7 Å². The number of rotatable bonds is 6. The maximum Gasteiger partial charge on any atom is 0.243 e. The first-order valence-electron chi connectivity index (χ1n) is 6.26. The average Bonchev–Trinajstić information content (AvgIpc) is 2.47. The van der Waals surface area contributed by atoms with Gasteiger partial charge in [0.2, 0.25) is 23.8 Å². The Morgan fingerprint density at radius 1 is 1.25 bits per heavy atom. The largest absolute Gasteiger partial charge is 0.378 e. The van der Waals surface area contributed by atoms with Crippen molar-refractivity contribution in [2.45, 2.75) is 6.42 Å². The first-order chi connectivity index (χ1) is 9.69. The van der Waals surface area contributed by atoms with Gasteiger partial charge >= 0.3 is 0 Å². The highest BCUT2D eigenvalue weighted by atomic mass is 16.5. The summed E-state index contributed by atoms with van der Waals surface area (Å²) in [7, 11) is 0. The average molecular weight is 282 g/mol. The molecule has 1 fully saturated rings. The van der Waals surface area contributed by atoms with Crippen LogP contribution < -0.4 is 27.2 Å². The number of hydrogen-bond acceptors (Lipinski definition) is 9. The number of anilines is 3. The number of nitrogens with zero attached hydrogens (tertiary/aromatic N) is 4. The fourth-order valence-corrected chi connectivity index (χ4v) is 1.71. The van der Waals surface area contributed by atoms with E-state index in [0.717, 1.165) is 0 Å². The molecule has 10 heteroatoms. The molecule has 0 radical (unpaired) electrons. The van der Waals surface area contributed by atoms with Crippen molar-refractivity contribution in [1.82, 2.24) is 15.0 Å². The summed E-state index contributed by atoms with van der Waals surface area (Å²) in [6.07, 6.45) is 0.198. The van der Waals surface area contributed by atoms with Crippen LogP contribution in [0.1, 0.15) is 6.42 Å². The summed E-state index contributed by atoms with van der Waals surface area (Å²) in [5, 5.41) is 2.91. The summed E-state index contributed by atoms with van der Waals surface area (Å²) >= 11 is 0. The third-order valence-corrected chi connectivity index (χ3v) is 2.70. The van der Waals surface area contributed by atoms with Crippen LogP contribution in [0.25, 0.3) is 0 Å². The molecule has 0 aromatic carbocycles. The summed E-state index contributed by atoms with van der Waals surface area (Å²) in [4.78, 5) is 25.2. The van der Waals surface area contributed by atoms with Crippen molar-refractivity contribution in [2.24, 2.45) is 11.6 Å². The number of aromatic nitrogens is 3. The lowest BCUT2D eigenvalue weighted by Gasteiger charge is -2.27. The van der Waals surface area contributed by atoms with E-state index in [1.807, 2.05) is 4.90 Å². The van der Waals surface area contributed by atoms with E-state index in [9.17, 15) is 4.79 Å². The molecule has 1 aliphatic rings. The molecule has 110 valence electrons. The molecule has 6 N–H and O–H groups in total. The van der Waals surface area contributed by atoms with Gasteiger partial charge in [0.15, 0.2) is 0 Å². The fraction of sp³-hybridized carbons (Fsp3) is 0.600. The van der Waals surface area contributed by atoms with E-state index in [1.165, 1.54) is 0 Å². The van der Waals surface area contributed by atoms with E-state index in [-0.39, 0.29) is 12.4 Å². The first-order valence-corrected chi connectivity index (χ1v) is 6.26. The molecular weight excluding hydrogens is 264 g/mol. The van der Waals surface area contributed by atoms with Crippen LogP contribution in [0, 0.1) is 0 Å². The quantitative estimate of drug-likeness (QED) is 0.353. The van der Waals surface area contributed by atoms with Crippen LogP contribution in [0.4, 0.5) is 17.8 Å². The number of hydrogen-bond donors (Lipinski definition) is 4. The topological polar surface area (TPSA) is 144 Å². The Bertz CT molecular complexity index is 463. The van der Waals surface area contributed by atoms with Gasteiger partial charge in [-0.15, -0.1) is 0 Å². The Kier molecular flexibility index (Phi) is 4.85. The Balaban J connectivity index is 2.08. The molecule has 2 rings (SSSR count). The number of hydrazine groups is 1. The van der Waals surface area contributed by atoms with Crippen molar-refractivity contribution < 1.29 is 9.53 Å². The molecule has 0 bridgehead atoms. The van der Waals surface area contributed by atoms with Crippen molar-refractivity contribution in [3.8, 4) is 0 Å². The number of nitrogens with one attached hydrogen (secondary N) is 2. The number of nitrogen functional groups attached to an aromatic ring is 1. The van der Waals surface area contributed by atoms with Crippen molar-refractivity contribution in [3.05, 3.63) is 0 Å². The van der Waals surface area contributed by atoms with Gasteiger partial charge in [-0.2, -0.15) is 15.0 Å². The molecule has 0 spiro atoms. The van der Waals surface area contributed by atoms with Crippen LogP contribution >= 0.6 is 0 Å². The van der Waals surface area contributed by atoms with Gasteiger partial charge < -0.3 is 20.7 Å². The number of nitrogens with two attached hydrogens (primary N) is 2. The van der Waals surface area contributed by atoms with E-state index in [1.54, 1.807) is 0 Å². The highest BCUT2D eigenvalue weighted by Gasteiger charge is 2.16. The summed E-state index contributed by atoms with van der Waals surface area (Å²) in [6.45, 7) is 3.01. The number of carbonyl (C=O) groups is 1. The zero-order chi connectivity index (χ0) is 14.4. The van der Waals surface area contributed by atoms with Gasteiger partial charge in [-0.05, 0) is 0 Å². The van der Waals surface area contributed by atoms with Gasteiger partial charge in [-0.3, -0.25) is 10.2 Å². The normalized spacial score (nSPS) is 14.9. The molecule has 1 aromatic heterocycles. The third-order valence-electron chi connectivity index (χ3n) is 2.70. The lowest BCUT2D eigenvalue weighted by molar-refractivity contribution is -0.117. The predicted octanol–water partition coefficient (Wildman–Crippen LogP) is -1.72. The van der Waals surface area contributed by atoms with E-state index >= 15 is 0 Å². The highest BCUT2D eigenvalue weighted by Crippen LogP contribution is 2.14. The number of morpholine rings is 1. The van der Waals surface area contributed by atoms with Crippen LogP contribution in [-0.4, -0.2) is 53.7 Å².